The lowest BCUT2D eigenvalue weighted by molar-refractivity contribution is -0.168. The first-order valence-electron chi connectivity index (χ1n) is 9.21. The van der Waals surface area contributed by atoms with Gasteiger partial charge in [0.05, 0.1) is 19.1 Å². The molecule has 1 aliphatic rings. The predicted molar refractivity (Wildman–Crippen MR) is 102 cm³/mol. The molecule has 2 unspecified atom stereocenters. The van der Waals surface area contributed by atoms with E-state index in [1.807, 2.05) is 48.5 Å². The van der Waals surface area contributed by atoms with Crippen molar-refractivity contribution in [3.63, 3.8) is 0 Å². The normalized spacial score (nSPS) is 22.2. The smallest absolute Gasteiger partial charge is 0.308 e. The van der Waals surface area contributed by atoms with Crippen molar-refractivity contribution in [2.24, 2.45) is 0 Å². The molecule has 0 amide bonds. The highest BCUT2D eigenvalue weighted by Gasteiger charge is 2.35. The van der Waals surface area contributed by atoms with Gasteiger partial charge in [0.2, 0.25) is 0 Å². The predicted octanol–water partition coefficient (Wildman–Crippen LogP) is 3.66. The number of aliphatic hydroxyl groups is 1. The molecule has 144 valence electrons. The molecule has 1 heterocycles. The van der Waals surface area contributed by atoms with Crippen LogP contribution in [0.5, 0.6) is 11.5 Å². The van der Waals surface area contributed by atoms with Gasteiger partial charge < -0.3 is 19.3 Å². The van der Waals surface area contributed by atoms with E-state index in [-0.39, 0.29) is 18.5 Å². The van der Waals surface area contributed by atoms with Crippen molar-refractivity contribution in [1.82, 2.24) is 0 Å². The Kier molecular flexibility index (Phi) is 6.01. The number of aryl methyl sites for hydroxylation is 1. The number of carbonyl (C=O) groups is 1. The third kappa shape index (κ3) is 5.47. The molecule has 0 spiro atoms. The number of hydrogen-bond donors (Lipinski definition) is 1. The molecule has 1 fully saturated rings. The van der Waals surface area contributed by atoms with Crippen molar-refractivity contribution in [3.05, 3.63) is 59.7 Å². The first-order chi connectivity index (χ1) is 12.9. The van der Waals surface area contributed by atoms with Crippen LogP contribution in [0.3, 0.4) is 0 Å². The molecule has 2 aromatic carbocycles. The maximum absolute atomic E-state index is 11.6. The van der Waals surface area contributed by atoms with Gasteiger partial charge >= 0.3 is 5.97 Å². The fourth-order valence-electron chi connectivity index (χ4n) is 3.35. The zero-order valence-electron chi connectivity index (χ0n) is 15.8. The van der Waals surface area contributed by atoms with Crippen LogP contribution in [0.1, 0.15) is 37.3 Å². The number of benzene rings is 2. The monoisotopic (exact) mass is 370 g/mol. The number of hydrogen-bond acceptors (Lipinski definition) is 5. The molecular formula is C22H26O5. The largest absolute Gasteiger partial charge is 0.493 e. The zero-order valence-corrected chi connectivity index (χ0v) is 15.8. The quantitative estimate of drug-likeness (QED) is 0.754. The van der Waals surface area contributed by atoms with Gasteiger partial charge in [-0.1, -0.05) is 36.4 Å². The molecule has 0 aromatic heterocycles. The number of cyclic esters (lactones) is 1. The summed E-state index contributed by atoms with van der Waals surface area (Å²) in [5.41, 5.74) is 1.18. The lowest BCUT2D eigenvalue weighted by atomic mass is 9.89. The van der Waals surface area contributed by atoms with Gasteiger partial charge in [0.25, 0.3) is 0 Å². The number of ether oxygens (including phenoxy) is 3. The van der Waals surface area contributed by atoms with E-state index in [1.54, 1.807) is 14.0 Å². The summed E-state index contributed by atoms with van der Waals surface area (Å²) < 4.78 is 16.7. The number of rotatable bonds is 7. The van der Waals surface area contributed by atoms with Crippen LogP contribution < -0.4 is 9.47 Å². The van der Waals surface area contributed by atoms with Crippen LogP contribution in [0.25, 0.3) is 0 Å². The zero-order chi connectivity index (χ0) is 19.3. The van der Waals surface area contributed by atoms with Crippen LogP contribution in [-0.2, 0) is 22.6 Å². The Balaban J connectivity index is 1.59. The van der Waals surface area contributed by atoms with Crippen LogP contribution in [0.4, 0.5) is 0 Å². The van der Waals surface area contributed by atoms with Gasteiger partial charge in [-0.05, 0) is 43.0 Å². The Morgan fingerprint density at radius 1 is 1.15 bits per heavy atom. The first kappa shape index (κ1) is 19.2. The molecule has 2 aromatic rings. The lowest BCUT2D eigenvalue weighted by Gasteiger charge is -2.33. The van der Waals surface area contributed by atoms with Crippen molar-refractivity contribution < 1.29 is 24.1 Å². The van der Waals surface area contributed by atoms with E-state index in [2.05, 4.69) is 0 Å². The maximum atomic E-state index is 11.6. The summed E-state index contributed by atoms with van der Waals surface area (Å²) in [5.74, 6) is 1.03. The van der Waals surface area contributed by atoms with Crippen LogP contribution in [0, 0.1) is 0 Å². The van der Waals surface area contributed by atoms with E-state index in [0.29, 0.717) is 30.9 Å². The van der Waals surface area contributed by atoms with Gasteiger partial charge in [0.15, 0.2) is 11.5 Å². The third-order valence-electron chi connectivity index (χ3n) is 4.71. The van der Waals surface area contributed by atoms with Gasteiger partial charge in [-0.15, -0.1) is 0 Å². The van der Waals surface area contributed by atoms with Crippen molar-refractivity contribution >= 4 is 5.97 Å². The average molecular weight is 370 g/mol. The minimum atomic E-state index is -0.979. The number of carbonyl (C=O) groups excluding carboxylic acids is 1. The summed E-state index contributed by atoms with van der Waals surface area (Å²) in [4.78, 5) is 11.6. The molecular weight excluding hydrogens is 344 g/mol. The molecule has 0 bridgehead atoms. The van der Waals surface area contributed by atoms with Crippen molar-refractivity contribution in [2.45, 2.75) is 50.9 Å². The van der Waals surface area contributed by atoms with Crippen molar-refractivity contribution in [2.75, 3.05) is 7.11 Å². The molecule has 0 radical (unpaired) electrons. The molecule has 2 atom stereocenters. The Hall–Kier alpha value is -2.53. The highest BCUT2D eigenvalue weighted by molar-refractivity contribution is 5.71. The van der Waals surface area contributed by atoms with Crippen LogP contribution >= 0.6 is 0 Å². The third-order valence-corrected chi connectivity index (χ3v) is 4.71. The lowest BCUT2D eigenvalue weighted by Crippen LogP contribution is -2.41. The van der Waals surface area contributed by atoms with Crippen LogP contribution in [0.15, 0.2) is 48.5 Å². The van der Waals surface area contributed by atoms with Crippen molar-refractivity contribution in [3.8, 4) is 11.5 Å². The average Bonchev–Trinajstić information content (AvgIpc) is 2.64. The van der Waals surface area contributed by atoms with Gasteiger partial charge in [-0.25, -0.2) is 0 Å². The molecule has 27 heavy (non-hydrogen) atoms. The summed E-state index contributed by atoms with van der Waals surface area (Å²) in [7, 11) is 1.62. The van der Waals surface area contributed by atoms with Gasteiger partial charge in [0, 0.05) is 6.42 Å². The highest BCUT2D eigenvalue weighted by atomic mass is 16.5. The van der Waals surface area contributed by atoms with Crippen LogP contribution in [0.2, 0.25) is 0 Å². The summed E-state index contributed by atoms with van der Waals surface area (Å²) in [6.07, 6.45) is 1.65. The van der Waals surface area contributed by atoms with Crippen LogP contribution in [-0.4, -0.2) is 29.9 Å². The van der Waals surface area contributed by atoms with Gasteiger partial charge in [0.1, 0.15) is 12.7 Å². The number of methoxy groups -OCH3 is 1. The topological polar surface area (TPSA) is 65.0 Å². The Labute approximate surface area is 159 Å². The van der Waals surface area contributed by atoms with Crippen molar-refractivity contribution in [1.29, 1.82) is 0 Å². The number of esters is 1. The summed E-state index contributed by atoms with van der Waals surface area (Å²) in [6, 6.07) is 15.8. The maximum Gasteiger partial charge on any atom is 0.308 e. The molecule has 1 saturated heterocycles. The Bertz CT molecular complexity index is 770. The molecule has 5 heteroatoms. The van der Waals surface area contributed by atoms with E-state index in [9.17, 15) is 9.90 Å². The Morgan fingerprint density at radius 2 is 1.93 bits per heavy atom. The van der Waals surface area contributed by atoms with E-state index >= 15 is 0 Å². The SMILES string of the molecule is COc1cc(CCC2CC(C)(O)CC(=O)O2)ccc1OCc1ccccc1. The molecule has 0 saturated carbocycles. The molecule has 1 N–H and O–H groups in total. The fraction of sp³-hybridized carbons (Fsp3) is 0.409. The van der Waals surface area contributed by atoms with Gasteiger partial charge in [-0.3, -0.25) is 4.79 Å². The summed E-state index contributed by atoms with van der Waals surface area (Å²) in [5, 5.41) is 10.1. The molecule has 5 nitrogen and oxygen atoms in total. The standard InChI is InChI=1S/C22H26O5/c1-22(24)13-18(27-21(23)14-22)10-8-16-9-11-19(20(12-16)25-2)26-15-17-6-4-3-5-7-17/h3-7,9,11-12,18,24H,8,10,13-15H2,1-2H3. The van der Waals surface area contributed by atoms with E-state index in [0.717, 1.165) is 17.5 Å². The van der Waals surface area contributed by atoms with E-state index < -0.39 is 5.60 Å². The van der Waals surface area contributed by atoms with E-state index in [4.69, 9.17) is 14.2 Å². The first-order valence-corrected chi connectivity index (χ1v) is 9.21. The molecule has 0 aliphatic carbocycles. The summed E-state index contributed by atoms with van der Waals surface area (Å²) in [6.45, 7) is 2.16. The summed E-state index contributed by atoms with van der Waals surface area (Å²) >= 11 is 0. The fourth-order valence-corrected chi connectivity index (χ4v) is 3.35. The second-order valence-electron chi connectivity index (χ2n) is 7.29. The van der Waals surface area contributed by atoms with E-state index in [1.165, 1.54) is 0 Å². The minimum absolute atomic E-state index is 0.0603. The Morgan fingerprint density at radius 3 is 2.63 bits per heavy atom. The second kappa shape index (κ2) is 8.44. The van der Waals surface area contributed by atoms with Gasteiger partial charge in [-0.2, -0.15) is 0 Å². The molecule has 3 rings (SSSR count). The highest BCUT2D eigenvalue weighted by Crippen LogP contribution is 2.31. The second-order valence-corrected chi connectivity index (χ2v) is 7.29. The molecule has 1 aliphatic heterocycles. The minimum Gasteiger partial charge on any atom is -0.493 e.